The van der Waals surface area contributed by atoms with Gasteiger partial charge in [-0.3, -0.25) is 0 Å². The van der Waals surface area contributed by atoms with E-state index >= 15 is 0 Å². The molecule has 7 heteroatoms. The van der Waals surface area contributed by atoms with Gasteiger partial charge in [-0.2, -0.15) is 13.2 Å². The molecule has 1 atom stereocenters. The molecule has 0 N–H and O–H groups in total. The van der Waals surface area contributed by atoms with Crippen molar-refractivity contribution in [1.82, 2.24) is 0 Å². The van der Waals surface area contributed by atoms with Gasteiger partial charge in [0.2, 0.25) is 0 Å². The molecule has 0 fully saturated rings. The number of halogens is 4. The van der Waals surface area contributed by atoms with Crippen molar-refractivity contribution in [2.75, 3.05) is 13.7 Å². The van der Waals surface area contributed by atoms with Crippen molar-refractivity contribution in [2.24, 2.45) is 0 Å². The van der Waals surface area contributed by atoms with Crippen molar-refractivity contribution in [3.05, 3.63) is 29.8 Å². The molecule has 0 bridgehead atoms. The Morgan fingerprint density at radius 3 is 2.33 bits per heavy atom. The third-order valence-corrected chi connectivity index (χ3v) is 2.81. The first-order valence-electron chi connectivity index (χ1n) is 4.86. The smallest absolute Gasteiger partial charge is 0.404 e. The minimum Gasteiger partial charge on any atom is -0.492 e. The van der Waals surface area contributed by atoms with Crippen LogP contribution < -0.4 is 4.74 Å². The van der Waals surface area contributed by atoms with Crippen molar-refractivity contribution in [3.8, 4) is 5.75 Å². The Morgan fingerprint density at radius 1 is 1.33 bits per heavy atom. The molecule has 1 aromatic carbocycles. The summed E-state index contributed by atoms with van der Waals surface area (Å²) >= 11 is 2.48. The molecule has 0 aromatic heterocycles. The Morgan fingerprint density at radius 2 is 1.89 bits per heavy atom. The minimum atomic E-state index is -4.36. The lowest BCUT2D eigenvalue weighted by atomic mass is 10.2. The number of ether oxygens (including phenoxy) is 2. The van der Waals surface area contributed by atoms with E-state index in [9.17, 15) is 18.0 Å². The Hall–Kier alpha value is -1.24. The molecule has 18 heavy (non-hydrogen) atoms. The molecular formula is C11H10BrF3O3. The van der Waals surface area contributed by atoms with Crippen LogP contribution in [0.2, 0.25) is 0 Å². The summed E-state index contributed by atoms with van der Waals surface area (Å²) < 4.78 is 46.0. The monoisotopic (exact) mass is 326 g/mol. The second-order valence-electron chi connectivity index (χ2n) is 3.34. The molecule has 0 aliphatic carbocycles. The summed E-state index contributed by atoms with van der Waals surface area (Å²) in [5.74, 6) is -0.272. The van der Waals surface area contributed by atoms with Crippen LogP contribution >= 0.6 is 15.9 Å². The van der Waals surface area contributed by atoms with Crippen LogP contribution in [0.25, 0.3) is 0 Å². The van der Waals surface area contributed by atoms with Gasteiger partial charge in [0.25, 0.3) is 0 Å². The zero-order chi connectivity index (χ0) is 13.8. The molecule has 0 aliphatic heterocycles. The van der Waals surface area contributed by atoms with Crippen molar-refractivity contribution in [3.63, 3.8) is 0 Å². The molecule has 1 rings (SSSR count). The van der Waals surface area contributed by atoms with Crippen LogP contribution in [0.4, 0.5) is 13.2 Å². The van der Waals surface area contributed by atoms with Crippen LogP contribution in [0.5, 0.6) is 5.75 Å². The maximum atomic E-state index is 12.2. The average molecular weight is 327 g/mol. The van der Waals surface area contributed by atoms with E-state index in [4.69, 9.17) is 4.74 Å². The Kier molecular flexibility index (Phi) is 5.01. The number of esters is 1. The third-order valence-electron chi connectivity index (χ3n) is 2.03. The summed E-state index contributed by atoms with van der Waals surface area (Å²) in [6.07, 6.45) is -4.36. The summed E-state index contributed by atoms with van der Waals surface area (Å²) in [5, 5.41) is 0. The first-order chi connectivity index (χ1) is 8.34. The van der Waals surface area contributed by atoms with E-state index in [1.165, 1.54) is 31.4 Å². The topological polar surface area (TPSA) is 35.5 Å². The van der Waals surface area contributed by atoms with Crippen LogP contribution in [0.1, 0.15) is 10.4 Å². The van der Waals surface area contributed by atoms with E-state index in [-0.39, 0.29) is 5.75 Å². The number of alkyl halides is 4. The van der Waals surface area contributed by atoms with E-state index in [0.717, 1.165) is 0 Å². The zero-order valence-electron chi connectivity index (χ0n) is 9.33. The van der Waals surface area contributed by atoms with Gasteiger partial charge in [0.15, 0.2) is 0 Å². The fraction of sp³-hybridized carbons (Fsp3) is 0.364. The number of carbonyl (C=O) groups is 1. The van der Waals surface area contributed by atoms with Gasteiger partial charge in [-0.05, 0) is 24.3 Å². The average Bonchev–Trinajstić information content (AvgIpc) is 2.34. The van der Waals surface area contributed by atoms with Crippen LogP contribution in [-0.2, 0) is 4.74 Å². The lowest BCUT2D eigenvalue weighted by Gasteiger charge is -2.14. The molecule has 0 spiro atoms. The molecular weight excluding hydrogens is 317 g/mol. The second-order valence-corrected chi connectivity index (χ2v) is 4.44. The molecule has 0 amide bonds. The number of carbonyl (C=O) groups excluding carboxylic acids is 1. The van der Waals surface area contributed by atoms with Gasteiger partial charge in [-0.15, -0.1) is 0 Å². The van der Waals surface area contributed by atoms with Gasteiger partial charge in [0, 0.05) is 0 Å². The highest BCUT2D eigenvalue weighted by Crippen LogP contribution is 2.27. The van der Waals surface area contributed by atoms with Crippen molar-refractivity contribution < 1.29 is 27.4 Å². The predicted molar refractivity (Wildman–Crippen MR) is 62.0 cm³/mol. The molecule has 1 aromatic rings. The van der Waals surface area contributed by atoms with Gasteiger partial charge in [-0.1, -0.05) is 15.9 Å². The Balaban J connectivity index is 2.57. The van der Waals surface area contributed by atoms with Crippen LogP contribution in [-0.4, -0.2) is 30.7 Å². The number of rotatable bonds is 4. The number of hydrogen-bond acceptors (Lipinski definition) is 3. The quantitative estimate of drug-likeness (QED) is 0.629. The largest absolute Gasteiger partial charge is 0.492 e. The number of benzene rings is 1. The van der Waals surface area contributed by atoms with Crippen LogP contribution in [0.15, 0.2) is 24.3 Å². The molecule has 0 heterocycles. The fourth-order valence-corrected chi connectivity index (χ4v) is 1.20. The van der Waals surface area contributed by atoms with E-state index in [2.05, 4.69) is 20.7 Å². The van der Waals surface area contributed by atoms with E-state index in [0.29, 0.717) is 5.56 Å². The van der Waals surface area contributed by atoms with Gasteiger partial charge < -0.3 is 9.47 Å². The highest BCUT2D eigenvalue weighted by atomic mass is 79.9. The molecule has 0 radical (unpaired) electrons. The van der Waals surface area contributed by atoms with Crippen LogP contribution in [0, 0.1) is 0 Å². The van der Waals surface area contributed by atoms with Crippen LogP contribution in [0.3, 0.4) is 0 Å². The summed E-state index contributed by atoms with van der Waals surface area (Å²) in [6, 6.07) is 5.64. The molecule has 1 unspecified atom stereocenters. The molecule has 0 saturated carbocycles. The third kappa shape index (κ3) is 4.21. The van der Waals surface area contributed by atoms with Gasteiger partial charge in [0.05, 0.1) is 12.7 Å². The molecule has 100 valence electrons. The van der Waals surface area contributed by atoms with E-state index < -0.39 is 23.6 Å². The molecule has 3 nitrogen and oxygen atoms in total. The maximum Gasteiger partial charge on any atom is 0.404 e. The predicted octanol–water partition coefficient (Wildman–Crippen LogP) is 3.18. The SMILES string of the molecule is COC(=O)c1ccc(OCC(Br)C(F)(F)F)cc1. The van der Waals surface area contributed by atoms with Gasteiger partial charge in [0.1, 0.15) is 17.2 Å². The summed E-state index contributed by atoms with van der Waals surface area (Å²) in [6.45, 7) is -0.541. The highest BCUT2D eigenvalue weighted by Gasteiger charge is 2.38. The summed E-state index contributed by atoms with van der Waals surface area (Å²) in [4.78, 5) is 9.37. The van der Waals surface area contributed by atoms with Crippen molar-refractivity contribution in [2.45, 2.75) is 11.0 Å². The second kappa shape index (κ2) is 6.08. The Bertz CT molecular complexity index is 403. The number of hydrogen-bond donors (Lipinski definition) is 0. The van der Waals surface area contributed by atoms with Gasteiger partial charge >= 0.3 is 12.1 Å². The van der Waals surface area contributed by atoms with Gasteiger partial charge in [-0.25, -0.2) is 4.79 Å². The molecule has 0 saturated heterocycles. The Labute approximate surface area is 110 Å². The maximum absolute atomic E-state index is 12.2. The van der Waals surface area contributed by atoms with Crippen molar-refractivity contribution in [1.29, 1.82) is 0 Å². The normalized spacial score (nSPS) is 12.9. The zero-order valence-corrected chi connectivity index (χ0v) is 10.9. The fourth-order valence-electron chi connectivity index (χ4n) is 1.07. The highest BCUT2D eigenvalue weighted by molar-refractivity contribution is 9.09. The lowest BCUT2D eigenvalue weighted by molar-refractivity contribution is -0.132. The van der Waals surface area contributed by atoms with E-state index in [1.54, 1.807) is 0 Å². The first kappa shape index (κ1) is 14.8. The van der Waals surface area contributed by atoms with Crippen molar-refractivity contribution >= 4 is 21.9 Å². The lowest BCUT2D eigenvalue weighted by Crippen LogP contribution is -2.28. The number of methoxy groups -OCH3 is 1. The first-order valence-corrected chi connectivity index (χ1v) is 5.78. The van der Waals surface area contributed by atoms with E-state index in [1.807, 2.05) is 0 Å². The standard InChI is InChI=1S/C11H10BrF3O3/c1-17-10(16)7-2-4-8(5-3-7)18-6-9(12)11(13,14)15/h2-5,9H,6H2,1H3. The minimum absolute atomic E-state index is 0.247. The summed E-state index contributed by atoms with van der Waals surface area (Å²) in [5.41, 5.74) is 0.302. The summed E-state index contributed by atoms with van der Waals surface area (Å²) in [7, 11) is 1.24. The molecule has 0 aliphatic rings.